The fourth-order valence-corrected chi connectivity index (χ4v) is 3.18. The summed E-state index contributed by atoms with van der Waals surface area (Å²) in [4.78, 5) is 16.7. The highest BCUT2D eigenvalue weighted by molar-refractivity contribution is 6.30. The molecule has 134 valence electrons. The SMILES string of the molecule is Cc1nnc(N2CCN(C(=O)CC(C)(C)c3ccc(Cl)cc3)CC2)o1. The van der Waals surface area contributed by atoms with E-state index in [0.717, 1.165) is 5.56 Å². The summed E-state index contributed by atoms with van der Waals surface area (Å²) in [5.74, 6) is 0.722. The van der Waals surface area contributed by atoms with Gasteiger partial charge in [-0.3, -0.25) is 4.79 Å². The second-order valence-electron chi connectivity index (χ2n) is 7.04. The van der Waals surface area contributed by atoms with Crippen molar-refractivity contribution in [2.45, 2.75) is 32.6 Å². The Hall–Kier alpha value is -2.08. The molecule has 0 N–H and O–H groups in total. The highest BCUT2D eigenvalue weighted by Crippen LogP contribution is 2.29. The van der Waals surface area contributed by atoms with Gasteiger partial charge in [-0.2, -0.15) is 0 Å². The third kappa shape index (κ3) is 4.12. The average molecular weight is 363 g/mol. The summed E-state index contributed by atoms with van der Waals surface area (Å²) in [7, 11) is 0. The summed E-state index contributed by atoms with van der Waals surface area (Å²) in [5, 5.41) is 8.60. The van der Waals surface area contributed by atoms with Crippen molar-refractivity contribution < 1.29 is 9.21 Å². The zero-order valence-electron chi connectivity index (χ0n) is 14.8. The third-order valence-corrected chi connectivity index (χ3v) is 4.89. The molecule has 1 aliphatic rings. The van der Waals surface area contributed by atoms with Crippen LogP contribution in [0.25, 0.3) is 0 Å². The van der Waals surface area contributed by atoms with Crippen LogP contribution in [0.5, 0.6) is 0 Å². The first kappa shape index (κ1) is 17.7. The van der Waals surface area contributed by atoms with Gasteiger partial charge in [0.1, 0.15) is 0 Å². The van der Waals surface area contributed by atoms with E-state index >= 15 is 0 Å². The predicted molar refractivity (Wildman–Crippen MR) is 96.9 cm³/mol. The monoisotopic (exact) mass is 362 g/mol. The van der Waals surface area contributed by atoms with Crippen molar-refractivity contribution >= 4 is 23.5 Å². The number of piperazine rings is 1. The van der Waals surface area contributed by atoms with Gasteiger partial charge in [0.25, 0.3) is 0 Å². The molecule has 3 rings (SSSR count). The molecule has 0 saturated carbocycles. The Balaban J connectivity index is 1.58. The lowest BCUT2D eigenvalue weighted by atomic mass is 9.81. The molecule has 0 radical (unpaired) electrons. The average Bonchev–Trinajstić information content (AvgIpc) is 3.01. The molecule has 6 nitrogen and oxygen atoms in total. The Morgan fingerprint density at radius 1 is 1.16 bits per heavy atom. The Morgan fingerprint density at radius 2 is 1.80 bits per heavy atom. The molecule has 7 heteroatoms. The molecule has 1 aromatic carbocycles. The summed E-state index contributed by atoms with van der Waals surface area (Å²) >= 11 is 5.96. The van der Waals surface area contributed by atoms with Gasteiger partial charge in [-0.05, 0) is 23.1 Å². The van der Waals surface area contributed by atoms with Gasteiger partial charge >= 0.3 is 6.01 Å². The van der Waals surface area contributed by atoms with E-state index in [4.69, 9.17) is 16.0 Å². The zero-order chi connectivity index (χ0) is 18.0. The standard InChI is InChI=1S/C18H23ClN4O2/c1-13-20-21-17(25-13)23-10-8-22(9-11-23)16(24)12-18(2,3)14-4-6-15(19)7-5-14/h4-7H,8-12H2,1-3H3. The number of hydrogen-bond donors (Lipinski definition) is 0. The number of nitrogens with zero attached hydrogens (tertiary/aromatic N) is 4. The third-order valence-electron chi connectivity index (χ3n) is 4.64. The molecule has 0 spiro atoms. The summed E-state index contributed by atoms with van der Waals surface area (Å²) in [6, 6.07) is 8.26. The number of carbonyl (C=O) groups excluding carboxylic acids is 1. The molecule has 0 unspecified atom stereocenters. The molecule has 25 heavy (non-hydrogen) atoms. The number of amides is 1. The van der Waals surface area contributed by atoms with Crippen molar-refractivity contribution in [1.82, 2.24) is 15.1 Å². The van der Waals surface area contributed by atoms with Gasteiger partial charge < -0.3 is 14.2 Å². The van der Waals surface area contributed by atoms with E-state index in [-0.39, 0.29) is 11.3 Å². The minimum atomic E-state index is -0.234. The number of aromatic nitrogens is 2. The van der Waals surface area contributed by atoms with Crippen LogP contribution in [0.4, 0.5) is 6.01 Å². The lowest BCUT2D eigenvalue weighted by molar-refractivity contribution is -0.132. The Kier molecular flexibility index (Phi) is 4.99. The first-order chi connectivity index (χ1) is 11.8. The fourth-order valence-electron chi connectivity index (χ4n) is 3.05. The molecule has 2 heterocycles. The van der Waals surface area contributed by atoms with Crippen molar-refractivity contribution in [3.63, 3.8) is 0 Å². The van der Waals surface area contributed by atoms with Crippen LogP contribution in [0.2, 0.25) is 5.02 Å². The van der Waals surface area contributed by atoms with Gasteiger partial charge in [0, 0.05) is 44.5 Å². The van der Waals surface area contributed by atoms with Crippen LogP contribution in [0.15, 0.2) is 28.7 Å². The van der Waals surface area contributed by atoms with E-state index in [1.165, 1.54) is 0 Å². The number of hydrogen-bond acceptors (Lipinski definition) is 5. The second-order valence-corrected chi connectivity index (χ2v) is 7.48. The summed E-state index contributed by atoms with van der Waals surface area (Å²) in [6.07, 6.45) is 0.467. The topological polar surface area (TPSA) is 62.5 Å². The quantitative estimate of drug-likeness (QED) is 0.836. The van der Waals surface area contributed by atoms with Gasteiger partial charge in [-0.15, -0.1) is 5.10 Å². The van der Waals surface area contributed by atoms with Crippen molar-refractivity contribution in [3.8, 4) is 0 Å². The smallest absolute Gasteiger partial charge is 0.318 e. The van der Waals surface area contributed by atoms with Crippen LogP contribution >= 0.6 is 11.6 Å². The molecule has 0 atom stereocenters. The summed E-state index contributed by atoms with van der Waals surface area (Å²) in [6.45, 7) is 8.68. The lowest BCUT2D eigenvalue weighted by Crippen LogP contribution is -2.49. The van der Waals surface area contributed by atoms with Gasteiger partial charge in [-0.25, -0.2) is 0 Å². The number of carbonyl (C=O) groups is 1. The Morgan fingerprint density at radius 3 is 2.36 bits per heavy atom. The van der Waals surface area contributed by atoms with E-state index < -0.39 is 0 Å². The van der Waals surface area contributed by atoms with E-state index in [1.54, 1.807) is 6.92 Å². The minimum absolute atomic E-state index is 0.168. The molecule has 2 aromatic rings. The van der Waals surface area contributed by atoms with Gasteiger partial charge in [-0.1, -0.05) is 42.7 Å². The molecule has 1 fully saturated rings. The van der Waals surface area contributed by atoms with E-state index in [2.05, 4.69) is 24.0 Å². The van der Waals surface area contributed by atoms with Crippen molar-refractivity contribution in [3.05, 3.63) is 40.7 Å². The highest BCUT2D eigenvalue weighted by Gasteiger charge is 2.29. The molecule has 1 saturated heterocycles. The zero-order valence-corrected chi connectivity index (χ0v) is 15.6. The molecule has 0 aliphatic carbocycles. The Bertz CT molecular complexity index is 734. The van der Waals surface area contributed by atoms with Crippen LogP contribution in [0, 0.1) is 6.92 Å². The second kappa shape index (κ2) is 7.04. The van der Waals surface area contributed by atoms with Crippen LogP contribution in [-0.2, 0) is 10.2 Å². The van der Waals surface area contributed by atoms with E-state index in [1.807, 2.05) is 34.1 Å². The van der Waals surface area contributed by atoms with Gasteiger partial charge in [0.05, 0.1) is 0 Å². The fraction of sp³-hybridized carbons (Fsp3) is 0.500. The molecule has 1 amide bonds. The van der Waals surface area contributed by atoms with Crippen LogP contribution < -0.4 is 4.90 Å². The number of rotatable bonds is 4. The largest absolute Gasteiger partial charge is 0.408 e. The van der Waals surface area contributed by atoms with Crippen molar-refractivity contribution in [2.24, 2.45) is 0 Å². The first-order valence-electron chi connectivity index (χ1n) is 8.44. The van der Waals surface area contributed by atoms with Crippen molar-refractivity contribution in [1.29, 1.82) is 0 Å². The molecular formula is C18H23ClN4O2. The van der Waals surface area contributed by atoms with Crippen LogP contribution in [0.3, 0.4) is 0 Å². The van der Waals surface area contributed by atoms with Crippen molar-refractivity contribution in [2.75, 3.05) is 31.1 Å². The number of benzene rings is 1. The predicted octanol–water partition coefficient (Wildman–Crippen LogP) is 3.05. The Labute approximate surface area is 152 Å². The molecule has 0 bridgehead atoms. The van der Waals surface area contributed by atoms with E-state index in [9.17, 15) is 4.79 Å². The molecule has 1 aliphatic heterocycles. The number of halogens is 1. The highest BCUT2D eigenvalue weighted by atomic mass is 35.5. The maximum Gasteiger partial charge on any atom is 0.318 e. The molecule has 1 aromatic heterocycles. The summed E-state index contributed by atoms with van der Waals surface area (Å²) < 4.78 is 5.46. The normalized spacial score (nSPS) is 15.5. The number of anilines is 1. The number of aryl methyl sites for hydroxylation is 1. The maximum atomic E-state index is 12.7. The minimum Gasteiger partial charge on any atom is -0.408 e. The molecular weight excluding hydrogens is 340 g/mol. The first-order valence-corrected chi connectivity index (χ1v) is 8.82. The van der Waals surface area contributed by atoms with Gasteiger partial charge in [0.15, 0.2) is 0 Å². The van der Waals surface area contributed by atoms with Crippen LogP contribution in [-0.4, -0.2) is 47.2 Å². The summed E-state index contributed by atoms with van der Waals surface area (Å²) in [5.41, 5.74) is 0.882. The van der Waals surface area contributed by atoms with Gasteiger partial charge in [0.2, 0.25) is 11.8 Å². The maximum absolute atomic E-state index is 12.7. The van der Waals surface area contributed by atoms with E-state index in [0.29, 0.717) is 49.5 Å². The lowest BCUT2D eigenvalue weighted by Gasteiger charge is -2.35. The van der Waals surface area contributed by atoms with Crippen LogP contribution in [0.1, 0.15) is 31.7 Å².